The zero-order chi connectivity index (χ0) is 23.6. The first-order valence-corrected chi connectivity index (χ1v) is 10.8. The van der Waals surface area contributed by atoms with Gasteiger partial charge in [0, 0.05) is 56.0 Å². The zero-order valence-electron chi connectivity index (χ0n) is 18.2. The van der Waals surface area contributed by atoms with E-state index >= 15 is 0 Å². The van der Waals surface area contributed by atoms with Crippen molar-refractivity contribution in [1.29, 1.82) is 5.26 Å². The fourth-order valence-corrected chi connectivity index (χ4v) is 4.85. The highest BCUT2D eigenvalue weighted by Gasteiger charge is 2.51. The van der Waals surface area contributed by atoms with Gasteiger partial charge in [0.1, 0.15) is 12.0 Å². The number of halogens is 3. The van der Waals surface area contributed by atoms with Crippen LogP contribution in [0.4, 0.5) is 18.9 Å². The smallest absolute Gasteiger partial charge is 0.381 e. The summed E-state index contributed by atoms with van der Waals surface area (Å²) in [7, 11) is 0. The Hall–Kier alpha value is -3.19. The van der Waals surface area contributed by atoms with Gasteiger partial charge in [-0.2, -0.15) is 18.4 Å². The van der Waals surface area contributed by atoms with Gasteiger partial charge >= 0.3 is 6.18 Å². The summed E-state index contributed by atoms with van der Waals surface area (Å²) in [5, 5.41) is 9.07. The Balaban J connectivity index is 1.59. The third-order valence-corrected chi connectivity index (χ3v) is 6.61. The molecule has 0 aliphatic carbocycles. The molecule has 0 bridgehead atoms. The molecule has 0 radical (unpaired) electrons. The Labute approximate surface area is 189 Å². The molecule has 1 aromatic heterocycles. The maximum absolute atomic E-state index is 13.5. The summed E-state index contributed by atoms with van der Waals surface area (Å²) in [4.78, 5) is 24.6. The van der Waals surface area contributed by atoms with Crippen LogP contribution in [0.25, 0.3) is 0 Å². The second kappa shape index (κ2) is 8.98. The second-order valence-electron chi connectivity index (χ2n) is 8.51. The lowest BCUT2D eigenvalue weighted by Crippen LogP contribution is -2.49. The summed E-state index contributed by atoms with van der Waals surface area (Å²) in [6.07, 6.45) is -1.09. The lowest BCUT2D eigenvalue weighted by atomic mass is 9.73. The number of nitrogens with zero attached hydrogens (tertiary/aromatic N) is 5. The minimum Gasteiger partial charge on any atom is -0.381 e. The summed E-state index contributed by atoms with van der Waals surface area (Å²) in [6, 6.07) is 7.02. The van der Waals surface area contributed by atoms with Crippen LogP contribution in [0.2, 0.25) is 0 Å². The quantitative estimate of drug-likeness (QED) is 0.682. The molecule has 2 aliphatic rings. The summed E-state index contributed by atoms with van der Waals surface area (Å²) in [5.41, 5.74) is -0.854. The largest absolute Gasteiger partial charge is 0.417 e. The summed E-state index contributed by atoms with van der Waals surface area (Å²) in [6.45, 7) is 4.94. The van der Waals surface area contributed by atoms with E-state index < -0.39 is 17.3 Å². The highest BCUT2D eigenvalue weighted by molar-refractivity contribution is 5.92. The summed E-state index contributed by atoms with van der Waals surface area (Å²) in [5.74, 6) is -0.166. The molecule has 1 amide bonds. The first-order chi connectivity index (χ1) is 15.8. The molecule has 7 nitrogen and oxygen atoms in total. The van der Waals surface area contributed by atoms with E-state index in [-0.39, 0.29) is 17.2 Å². The third-order valence-electron chi connectivity index (χ3n) is 6.61. The molecule has 2 aliphatic heterocycles. The lowest BCUT2D eigenvalue weighted by Gasteiger charge is -2.44. The molecule has 1 aromatic carbocycles. The molecule has 2 atom stereocenters. The maximum atomic E-state index is 13.5. The molecule has 0 spiro atoms. The van der Waals surface area contributed by atoms with Crippen LogP contribution in [0.1, 0.15) is 35.0 Å². The van der Waals surface area contributed by atoms with Crippen LogP contribution < -0.4 is 4.90 Å². The molecule has 2 aromatic rings. The molecule has 174 valence electrons. The van der Waals surface area contributed by atoms with E-state index in [1.54, 1.807) is 23.1 Å². The number of hydrogen-bond donors (Lipinski definition) is 0. The van der Waals surface area contributed by atoms with E-state index in [0.717, 1.165) is 6.07 Å². The van der Waals surface area contributed by atoms with E-state index in [2.05, 4.69) is 9.97 Å². The van der Waals surface area contributed by atoms with Crippen LogP contribution in [0.3, 0.4) is 0 Å². The van der Waals surface area contributed by atoms with Crippen LogP contribution in [0.5, 0.6) is 0 Å². The third kappa shape index (κ3) is 4.50. The Morgan fingerprint density at radius 2 is 2.15 bits per heavy atom. The fraction of sp³-hybridized carbons (Fsp3) is 0.478. The Morgan fingerprint density at radius 1 is 1.33 bits per heavy atom. The average Bonchev–Trinajstić information content (AvgIpc) is 3.21. The second-order valence-corrected chi connectivity index (χ2v) is 8.51. The first kappa shape index (κ1) is 23.0. The number of fused-ring (bicyclic) bond motifs is 1. The number of rotatable bonds is 5. The molecule has 3 heterocycles. The number of anilines is 1. The molecule has 0 unspecified atom stereocenters. The van der Waals surface area contributed by atoms with E-state index in [1.807, 2.05) is 11.8 Å². The average molecular weight is 459 g/mol. The number of alkyl halides is 3. The summed E-state index contributed by atoms with van der Waals surface area (Å²) < 4.78 is 46.2. The number of carbonyl (C=O) groups excluding carboxylic acids is 1. The number of carbonyl (C=O) groups is 1. The van der Waals surface area contributed by atoms with E-state index in [1.165, 1.54) is 18.6 Å². The van der Waals surface area contributed by atoms with Gasteiger partial charge in [-0.25, -0.2) is 9.97 Å². The van der Waals surface area contributed by atoms with Crippen molar-refractivity contribution in [3.63, 3.8) is 0 Å². The normalized spacial score (nSPS) is 22.7. The van der Waals surface area contributed by atoms with Gasteiger partial charge in [0.2, 0.25) is 0 Å². The number of amides is 1. The fourth-order valence-electron chi connectivity index (χ4n) is 4.85. The predicted molar refractivity (Wildman–Crippen MR) is 113 cm³/mol. The number of ether oxygens (including phenoxy) is 1. The molecular weight excluding hydrogens is 435 g/mol. The van der Waals surface area contributed by atoms with Gasteiger partial charge in [-0.3, -0.25) is 4.79 Å². The van der Waals surface area contributed by atoms with Crippen molar-refractivity contribution >= 4 is 11.6 Å². The van der Waals surface area contributed by atoms with Crippen LogP contribution >= 0.6 is 0 Å². The van der Waals surface area contributed by atoms with Crippen molar-refractivity contribution in [3.05, 3.63) is 53.6 Å². The highest BCUT2D eigenvalue weighted by Crippen LogP contribution is 2.45. The van der Waals surface area contributed by atoms with E-state index in [0.29, 0.717) is 57.2 Å². The van der Waals surface area contributed by atoms with Crippen molar-refractivity contribution < 1.29 is 22.7 Å². The van der Waals surface area contributed by atoms with Gasteiger partial charge in [-0.15, -0.1) is 0 Å². The maximum Gasteiger partial charge on any atom is 0.417 e. The number of hydrogen-bond acceptors (Lipinski definition) is 6. The van der Waals surface area contributed by atoms with Crippen LogP contribution in [0.15, 0.2) is 36.8 Å². The van der Waals surface area contributed by atoms with Crippen molar-refractivity contribution in [2.45, 2.75) is 19.5 Å². The molecule has 10 heteroatoms. The molecule has 2 saturated heterocycles. The predicted octanol–water partition coefficient (Wildman–Crippen LogP) is 3.37. The molecule has 33 heavy (non-hydrogen) atoms. The number of benzene rings is 1. The minimum absolute atomic E-state index is 0.0218. The topological polar surface area (TPSA) is 82.4 Å². The van der Waals surface area contributed by atoms with Crippen LogP contribution in [0, 0.1) is 22.7 Å². The van der Waals surface area contributed by atoms with Gasteiger partial charge in [-0.1, -0.05) is 0 Å². The minimum atomic E-state index is -4.61. The van der Waals surface area contributed by atoms with Crippen molar-refractivity contribution in [2.75, 3.05) is 44.3 Å². The molecule has 0 N–H and O–H groups in total. The lowest BCUT2D eigenvalue weighted by molar-refractivity contribution is -0.137. The Morgan fingerprint density at radius 3 is 2.82 bits per heavy atom. The van der Waals surface area contributed by atoms with E-state index in [4.69, 9.17) is 10.00 Å². The van der Waals surface area contributed by atoms with Gasteiger partial charge in [0.15, 0.2) is 0 Å². The zero-order valence-corrected chi connectivity index (χ0v) is 18.2. The standard InChI is InChI=1S/C23H24F3N5O2/c1-2-33-14-22-6-8-30(18-4-3-16(10-27)19(9-18)23(24,25)26)11-17(22)12-31(13-22)21(32)20-5-7-28-15-29-20/h3-5,7,9,15,17H,2,6,8,11-14H2,1H3/t17-,22+/m1/s1. The highest BCUT2D eigenvalue weighted by atomic mass is 19.4. The van der Waals surface area contributed by atoms with E-state index in [9.17, 15) is 18.0 Å². The first-order valence-electron chi connectivity index (χ1n) is 10.8. The SMILES string of the molecule is CCOC[C@@]12CCN(c3ccc(C#N)c(C(F)(F)F)c3)C[C@@H]1CN(C(=O)c1ccncn1)C2. The summed E-state index contributed by atoms with van der Waals surface area (Å²) >= 11 is 0. The molecule has 0 saturated carbocycles. The molecule has 2 fully saturated rings. The van der Waals surface area contributed by atoms with Gasteiger partial charge in [0.05, 0.1) is 23.8 Å². The molecular formula is C23H24F3N5O2. The van der Waals surface area contributed by atoms with Crippen molar-refractivity contribution in [3.8, 4) is 6.07 Å². The van der Waals surface area contributed by atoms with Crippen molar-refractivity contribution in [1.82, 2.24) is 14.9 Å². The number of aromatic nitrogens is 2. The van der Waals surface area contributed by atoms with Crippen molar-refractivity contribution in [2.24, 2.45) is 11.3 Å². The Kier molecular flexibility index (Phi) is 6.26. The molecule has 4 rings (SSSR count). The van der Waals surface area contributed by atoms with Gasteiger partial charge in [-0.05, 0) is 37.6 Å². The monoisotopic (exact) mass is 459 g/mol. The van der Waals surface area contributed by atoms with Crippen LogP contribution in [-0.4, -0.2) is 60.2 Å². The number of nitriles is 1. The van der Waals surface area contributed by atoms with Gasteiger partial charge < -0.3 is 14.5 Å². The number of likely N-dealkylation sites (tertiary alicyclic amines) is 1. The van der Waals surface area contributed by atoms with Crippen LogP contribution in [-0.2, 0) is 10.9 Å². The van der Waals surface area contributed by atoms with Gasteiger partial charge in [0.25, 0.3) is 5.91 Å². The Bertz CT molecular complexity index is 1060. The number of piperidine rings is 1.